The lowest BCUT2D eigenvalue weighted by molar-refractivity contribution is -0.163. The van der Waals surface area contributed by atoms with Crippen molar-refractivity contribution in [2.75, 3.05) is 27.4 Å². The predicted octanol–water partition coefficient (Wildman–Crippen LogP) is 4.21. The van der Waals surface area contributed by atoms with E-state index in [0.29, 0.717) is 49.7 Å². The second kappa shape index (κ2) is 12.9. The van der Waals surface area contributed by atoms with E-state index >= 15 is 0 Å². The molecule has 5 rings (SSSR count). The van der Waals surface area contributed by atoms with Gasteiger partial charge in [-0.15, -0.1) is 0 Å². The van der Waals surface area contributed by atoms with Gasteiger partial charge in [-0.25, -0.2) is 8.42 Å². The minimum atomic E-state index is -4.13. The SMILES string of the molecule is COc1ccc(CN(Cc2ccc(OC)cc2)S(=O)(=O)c2nn(CCOC3CCCCO3)cc2C2(O)CCC2)cc1. The van der Waals surface area contributed by atoms with Crippen LogP contribution in [0.5, 0.6) is 11.5 Å². The van der Waals surface area contributed by atoms with E-state index < -0.39 is 15.6 Å². The van der Waals surface area contributed by atoms with Gasteiger partial charge in [0.15, 0.2) is 11.3 Å². The van der Waals surface area contributed by atoms with Gasteiger partial charge in [-0.3, -0.25) is 4.68 Å². The molecule has 1 atom stereocenters. The molecule has 3 aromatic rings. The molecule has 1 aromatic heterocycles. The van der Waals surface area contributed by atoms with Crippen molar-refractivity contribution in [3.05, 3.63) is 71.4 Å². The van der Waals surface area contributed by atoms with E-state index in [0.717, 1.165) is 36.8 Å². The van der Waals surface area contributed by atoms with Crippen molar-refractivity contribution >= 4 is 10.0 Å². The number of rotatable bonds is 13. The predicted molar refractivity (Wildman–Crippen MR) is 152 cm³/mol. The van der Waals surface area contributed by atoms with E-state index in [2.05, 4.69) is 5.10 Å². The summed E-state index contributed by atoms with van der Waals surface area (Å²) in [6.45, 7) is 1.58. The summed E-state index contributed by atoms with van der Waals surface area (Å²) in [7, 11) is -0.952. The van der Waals surface area contributed by atoms with Gasteiger partial charge in [0.1, 0.15) is 11.5 Å². The van der Waals surface area contributed by atoms with Gasteiger partial charge in [-0.2, -0.15) is 9.40 Å². The minimum Gasteiger partial charge on any atom is -0.497 e. The number of hydrogen-bond donors (Lipinski definition) is 1. The molecular weight excluding hydrogens is 546 g/mol. The lowest BCUT2D eigenvalue weighted by Gasteiger charge is -2.36. The molecule has 1 aliphatic carbocycles. The Bertz CT molecular complexity index is 1330. The van der Waals surface area contributed by atoms with Crippen LogP contribution in [0.3, 0.4) is 0 Å². The van der Waals surface area contributed by atoms with E-state index in [1.165, 1.54) is 4.31 Å². The van der Waals surface area contributed by atoms with Gasteiger partial charge in [0.2, 0.25) is 0 Å². The third-order valence-corrected chi connectivity index (χ3v) is 9.52. The average molecular weight is 586 g/mol. The normalized spacial score (nSPS) is 18.7. The van der Waals surface area contributed by atoms with Gasteiger partial charge in [0.05, 0.1) is 33.0 Å². The summed E-state index contributed by atoms with van der Waals surface area (Å²) in [6, 6.07) is 14.6. The Balaban J connectivity index is 1.44. The molecule has 41 heavy (non-hydrogen) atoms. The largest absolute Gasteiger partial charge is 0.497 e. The zero-order chi connectivity index (χ0) is 28.9. The smallest absolute Gasteiger partial charge is 0.263 e. The molecule has 0 spiro atoms. The first kappa shape index (κ1) is 29.5. The van der Waals surface area contributed by atoms with Crippen LogP contribution in [0.2, 0.25) is 0 Å². The van der Waals surface area contributed by atoms with Crippen molar-refractivity contribution in [2.45, 2.75) is 75.1 Å². The van der Waals surface area contributed by atoms with E-state index in [4.69, 9.17) is 18.9 Å². The Kier molecular flexibility index (Phi) is 9.30. The number of benzene rings is 2. The molecule has 1 saturated heterocycles. The molecule has 2 aliphatic rings. The molecule has 2 heterocycles. The summed E-state index contributed by atoms with van der Waals surface area (Å²) in [5, 5.41) is 15.8. The Hall–Kier alpha value is -2.96. The molecule has 2 aromatic carbocycles. The Morgan fingerprint density at radius 3 is 2.07 bits per heavy atom. The molecule has 0 bridgehead atoms. The van der Waals surface area contributed by atoms with Gasteiger partial charge in [0, 0.05) is 31.5 Å². The van der Waals surface area contributed by atoms with Crippen LogP contribution in [-0.4, -0.2) is 61.3 Å². The zero-order valence-electron chi connectivity index (χ0n) is 23.7. The maximum Gasteiger partial charge on any atom is 0.263 e. The first-order chi connectivity index (χ1) is 19.8. The first-order valence-corrected chi connectivity index (χ1v) is 15.5. The number of sulfonamides is 1. The lowest BCUT2D eigenvalue weighted by atomic mass is 9.76. The maximum atomic E-state index is 14.4. The number of ether oxygens (including phenoxy) is 4. The van der Waals surface area contributed by atoms with E-state index in [9.17, 15) is 13.5 Å². The summed E-state index contributed by atoms with van der Waals surface area (Å²) in [4.78, 5) is 0. The van der Waals surface area contributed by atoms with Crippen LogP contribution in [0.4, 0.5) is 0 Å². The lowest BCUT2D eigenvalue weighted by Crippen LogP contribution is -2.37. The van der Waals surface area contributed by atoms with Crippen LogP contribution in [0, 0.1) is 0 Å². The molecule has 2 fully saturated rings. The molecule has 10 nitrogen and oxygen atoms in total. The van der Waals surface area contributed by atoms with Gasteiger partial charge in [-0.1, -0.05) is 24.3 Å². The van der Waals surface area contributed by atoms with Crippen molar-refractivity contribution in [3.63, 3.8) is 0 Å². The van der Waals surface area contributed by atoms with Crippen LogP contribution in [0.25, 0.3) is 0 Å². The monoisotopic (exact) mass is 585 g/mol. The second-order valence-corrected chi connectivity index (χ2v) is 12.5. The summed E-state index contributed by atoms with van der Waals surface area (Å²) >= 11 is 0. The molecular formula is C30H39N3O7S. The molecule has 0 amide bonds. The topological polar surface area (TPSA) is 112 Å². The Morgan fingerprint density at radius 1 is 0.976 bits per heavy atom. The molecule has 1 N–H and O–H groups in total. The molecule has 0 radical (unpaired) electrons. The average Bonchev–Trinajstić information content (AvgIpc) is 3.42. The van der Waals surface area contributed by atoms with Crippen molar-refractivity contribution in [2.24, 2.45) is 0 Å². The fraction of sp³-hybridized carbons (Fsp3) is 0.500. The standard InChI is InChI=1S/C30H39N3O7S/c1-37-25-11-7-23(8-12-25)20-33(21-24-9-13-26(38-2)14-10-24)41(35,36)29-27(30(34)15-5-16-30)22-32(31-29)17-19-40-28-6-3-4-18-39-28/h7-14,22,28,34H,3-6,15-21H2,1-2H3. The fourth-order valence-electron chi connectivity index (χ4n) is 5.15. The van der Waals surface area contributed by atoms with Crippen molar-refractivity contribution in [1.82, 2.24) is 14.1 Å². The summed E-state index contributed by atoms with van der Waals surface area (Å²) in [6.07, 6.45) is 6.16. The number of aliphatic hydroxyl groups is 1. The van der Waals surface area contributed by atoms with Crippen LogP contribution in [0.1, 0.15) is 55.2 Å². The van der Waals surface area contributed by atoms with Gasteiger partial charge < -0.3 is 24.1 Å². The van der Waals surface area contributed by atoms with Crippen LogP contribution >= 0.6 is 0 Å². The Labute approximate surface area is 241 Å². The van der Waals surface area contributed by atoms with Gasteiger partial charge >= 0.3 is 0 Å². The maximum absolute atomic E-state index is 14.4. The Morgan fingerprint density at radius 2 is 1.59 bits per heavy atom. The second-order valence-electron chi connectivity index (χ2n) is 10.6. The van der Waals surface area contributed by atoms with E-state index in [1.807, 2.05) is 24.3 Å². The summed E-state index contributed by atoms with van der Waals surface area (Å²) in [5.41, 5.74) is 0.714. The third-order valence-electron chi connectivity index (χ3n) is 7.79. The number of aromatic nitrogens is 2. The molecule has 11 heteroatoms. The van der Waals surface area contributed by atoms with E-state index in [-0.39, 0.29) is 24.4 Å². The number of methoxy groups -OCH3 is 2. The van der Waals surface area contributed by atoms with Crippen molar-refractivity contribution in [1.29, 1.82) is 0 Å². The fourth-order valence-corrected chi connectivity index (χ4v) is 6.76. The third kappa shape index (κ3) is 6.92. The zero-order valence-corrected chi connectivity index (χ0v) is 24.5. The highest BCUT2D eigenvalue weighted by Gasteiger charge is 2.44. The highest BCUT2D eigenvalue weighted by atomic mass is 32.2. The highest BCUT2D eigenvalue weighted by Crippen LogP contribution is 2.44. The molecule has 1 aliphatic heterocycles. The van der Waals surface area contributed by atoms with Crippen LogP contribution in [-0.2, 0) is 44.7 Å². The van der Waals surface area contributed by atoms with Crippen molar-refractivity contribution in [3.8, 4) is 11.5 Å². The summed E-state index contributed by atoms with van der Waals surface area (Å²) in [5.74, 6) is 1.37. The number of hydrogen-bond acceptors (Lipinski definition) is 8. The molecule has 1 saturated carbocycles. The van der Waals surface area contributed by atoms with Crippen LogP contribution < -0.4 is 9.47 Å². The molecule has 222 valence electrons. The van der Waals surface area contributed by atoms with Crippen LogP contribution in [0.15, 0.2) is 59.8 Å². The quantitative estimate of drug-likeness (QED) is 0.318. The van der Waals surface area contributed by atoms with Gasteiger partial charge in [0.25, 0.3) is 10.0 Å². The molecule has 1 unspecified atom stereocenters. The van der Waals surface area contributed by atoms with Crippen molar-refractivity contribution < 1.29 is 32.5 Å². The van der Waals surface area contributed by atoms with Gasteiger partial charge in [-0.05, 0) is 73.9 Å². The first-order valence-electron chi connectivity index (χ1n) is 14.1. The van der Waals surface area contributed by atoms with E-state index in [1.54, 1.807) is 49.4 Å². The number of nitrogens with zero attached hydrogens (tertiary/aromatic N) is 3. The minimum absolute atomic E-state index is 0.115. The summed E-state index contributed by atoms with van der Waals surface area (Å²) < 4.78 is 53.8. The highest BCUT2D eigenvalue weighted by molar-refractivity contribution is 7.89.